The molecular formula is C17H20FN3O. The lowest BCUT2D eigenvalue weighted by molar-refractivity contribution is -0.116. The monoisotopic (exact) mass is 301 g/mol. The molecule has 1 atom stereocenters. The van der Waals surface area contributed by atoms with Crippen LogP contribution in [0.3, 0.4) is 0 Å². The van der Waals surface area contributed by atoms with Gasteiger partial charge in [-0.15, -0.1) is 0 Å². The fourth-order valence-electron chi connectivity index (χ4n) is 2.93. The van der Waals surface area contributed by atoms with Crippen LogP contribution in [-0.2, 0) is 24.2 Å². The second-order valence-electron chi connectivity index (χ2n) is 6.15. The smallest absolute Gasteiger partial charge is 0.246 e. The average molecular weight is 301 g/mol. The van der Waals surface area contributed by atoms with E-state index in [1.807, 2.05) is 6.20 Å². The summed E-state index contributed by atoms with van der Waals surface area (Å²) in [5.41, 5.74) is 3.72. The lowest BCUT2D eigenvalue weighted by Crippen LogP contribution is -2.19. The number of benzene rings is 1. The summed E-state index contributed by atoms with van der Waals surface area (Å²) in [5, 5.41) is 7.31. The zero-order chi connectivity index (χ0) is 15.7. The molecule has 1 aliphatic rings. The molecule has 3 rings (SSSR count). The lowest BCUT2D eigenvalue weighted by atomic mass is 9.89. The first kappa shape index (κ1) is 14.8. The zero-order valence-electron chi connectivity index (χ0n) is 12.9. The molecule has 0 radical (unpaired) electrons. The van der Waals surface area contributed by atoms with Gasteiger partial charge >= 0.3 is 0 Å². The average Bonchev–Trinajstić information content (AvgIpc) is 2.83. The Kier molecular flexibility index (Phi) is 3.96. The van der Waals surface area contributed by atoms with Crippen molar-refractivity contribution in [1.29, 1.82) is 0 Å². The molecule has 1 aromatic carbocycles. The molecule has 1 unspecified atom stereocenters. The number of carbonyl (C=O) groups is 1. The quantitative estimate of drug-likeness (QED) is 0.947. The van der Waals surface area contributed by atoms with Crippen LogP contribution in [0.25, 0.3) is 0 Å². The minimum absolute atomic E-state index is 0.150. The van der Waals surface area contributed by atoms with Crippen LogP contribution < -0.4 is 5.32 Å². The van der Waals surface area contributed by atoms with E-state index in [-0.39, 0.29) is 18.3 Å². The molecule has 1 aliphatic carbocycles. The number of nitrogens with zero attached hydrogens (tertiary/aromatic N) is 2. The molecule has 1 aromatic heterocycles. The molecule has 4 nitrogen and oxygen atoms in total. The number of rotatable bonds is 3. The van der Waals surface area contributed by atoms with Gasteiger partial charge in [-0.3, -0.25) is 9.48 Å². The predicted octanol–water partition coefficient (Wildman–Crippen LogP) is 3.09. The molecule has 1 N–H and O–H groups in total. The third-order valence-corrected chi connectivity index (χ3v) is 4.14. The van der Waals surface area contributed by atoms with Crippen molar-refractivity contribution in [2.24, 2.45) is 5.92 Å². The van der Waals surface area contributed by atoms with Crippen LogP contribution in [0.15, 0.2) is 24.4 Å². The molecule has 5 heteroatoms. The highest BCUT2D eigenvalue weighted by molar-refractivity contribution is 5.91. The van der Waals surface area contributed by atoms with E-state index >= 15 is 0 Å². The number of hydrogen-bond acceptors (Lipinski definition) is 2. The summed E-state index contributed by atoms with van der Waals surface area (Å²) in [7, 11) is 0. The van der Waals surface area contributed by atoms with Gasteiger partial charge in [0.1, 0.15) is 12.4 Å². The standard InChI is InChI=1S/C17H20FN3O/c1-11-3-5-16-13(7-11)9-21(20-16)10-17(22)19-15-6-4-14(18)8-12(15)2/h4,6,8-9,11H,3,5,7,10H2,1-2H3,(H,19,22). The van der Waals surface area contributed by atoms with Crippen LogP contribution in [0.1, 0.15) is 30.2 Å². The van der Waals surface area contributed by atoms with Crippen molar-refractivity contribution in [3.8, 4) is 0 Å². The molecule has 0 spiro atoms. The minimum atomic E-state index is -0.302. The van der Waals surface area contributed by atoms with Gasteiger partial charge in [-0.1, -0.05) is 6.92 Å². The van der Waals surface area contributed by atoms with Crippen molar-refractivity contribution >= 4 is 11.6 Å². The number of halogens is 1. The number of carbonyl (C=O) groups excluding carboxylic acids is 1. The Balaban J connectivity index is 1.67. The number of fused-ring (bicyclic) bond motifs is 1. The van der Waals surface area contributed by atoms with Crippen LogP contribution in [0.2, 0.25) is 0 Å². The third kappa shape index (κ3) is 3.18. The summed E-state index contributed by atoms with van der Waals surface area (Å²) in [6, 6.07) is 4.33. The van der Waals surface area contributed by atoms with Crippen molar-refractivity contribution in [3.63, 3.8) is 0 Å². The van der Waals surface area contributed by atoms with Crippen molar-refractivity contribution in [1.82, 2.24) is 9.78 Å². The summed E-state index contributed by atoms with van der Waals surface area (Å²) in [5.74, 6) is 0.229. The van der Waals surface area contributed by atoms with Crippen LogP contribution in [0, 0.1) is 18.7 Å². The molecule has 22 heavy (non-hydrogen) atoms. The van der Waals surface area contributed by atoms with Crippen molar-refractivity contribution in [2.75, 3.05) is 5.32 Å². The molecular weight excluding hydrogens is 281 g/mol. The SMILES string of the molecule is Cc1cc(F)ccc1NC(=O)Cn1cc2c(n1)CCC(C)C2. The Hall–Kier alpha value is -2.17. The number of anilines is 1. The summed E-state index contributed by atoms with van der Waals surface area (Å²) in [6.45, 7) is 4.19. The molecule has 0 fully saturated rings. The maximum Gasteiger partial charge on any atom is 0.246 e. The molecule has 0 saturated carbocycles. The number of aryl methyl sites for hydroxylation is 2. The van der Waals surface area contributed by atoms with Gasteiger partial charge in [0.2, 0.25) is 5.91 Å². The second kappa shape index (κ2) is 5.91. The van der Waals surface area contributed by atoms with Gasteiger partial charge in [0.05, 0.1) is 5.69 Å². The maximum absolute atomic E-state index is 13.1. The predicted molar refractivity (Wildman–Crippen MR) is 83.2 cm³/mol. The largest absolute Gasteiger partial charge is 0.324 e. The molecule has 0 saturated heterocycles. The number of aromatic nitrogens is 2. The van der Waals surface area contributed by atoms with Gasteiger partial charge < -0.3 is 5.32 Å². The highest BCUT2D eigenvalue weighted by atomic mass is 19.1. The third-order valence-electron chi connectivity index (χ3n) is 4.14. The van der Waals surface area contributed by atoms with E-state index < -0.39 is 0 Å². The van der Waals surface area contributed by atoms with E-state index in [0.29, 0.717) is 17.2 Å². The highest BCUT2D eigenvalue weighted by Gasteiger charge is 2.19. The van der Waals surface area contributed by atoms with E-state index in [1.165, 1.54) is 17.7 Å². The Labute approximate surface area is 129 Å². The van der Waals surface area contributed by atoms with Gasteiger partial charge in [0.15, 0.2) is 0 Å². The van der Waals surface area contributed by atoms with Crippen LogP contribution in [0.5, 0.6) is 0 Å². The Morgan fingerprint density at radius 1 is 1.50 bits per heavy atom. The molecule has 1 amide bonds. The van der Waals surface area contributed by atoms with Crippen molar-refractivity contribution in [2.45, 2.75) is 39.7 Å². The normalized spacial score (nSPS) is 17.1. The summed E-state index contributed by atoms with van der Waals surface area (Å²) in [6.07, 6.45) is 5.16. The van der Waals surface area contributed by atoms with E-state index in [2.05, 4.69) is 17.3 Å². The Bertz CT molecular complexity index is 708. The van der Waals surface area contributed by atoms with Gasteiger partial charge in [0, 0.05) is 11.9 Å². The van der Waals surface area contributed by atoms with E-state index in [1.54, 1.807) is 17.7 Å². The lowest BCUT2D eigenvalue weighted by Gasteiger charge is -2.15. The first-order chi connectivity index (χ1) is 10.5. The van der Waals surface area contributed by atoms with Crippen molar-refractivity contribution < 1.29 is 9.18 Å². The van der Waals surface area contributed by atoms with Gasteiger partial charge in [0.25, 0.3) is 0 Å². The number of nitrogens with one attached hydrogen (secondary N) is 1. The molecule has 0 bridgehead atoms. The topological polar surface area (TPSA) is 46.9 Å². The Morgan fingerprint density at radius 3 is 3.09 bits per heavy atom. The van der Waals surface area contributed by atoms with Crippen LogP contribution >= 0.6 is 0 Å². The van der Waals surface area contributed by atoms with Gasteiger partial charge in [-0.05, 0) is 61.4 Å². The number of amides is 1. The fourth-order valence-corrected chi connectivity index (χ4v) is 2.93. The summed E-state index contributed by atoms with van der Waals surface area (Å²) >= 11 is 0. The van der Waals surface area contributed by atoms with E-state index in [0.717, 1.165) is 25.0 Å². The van der Waals surface area contributed by atoms with E-state index in [4.69, 9.17) is 0 Å². The van der Waals surface area contributed by atoms with Crippen molar-refractivity contribution in [3.05, 3.63) is 47.0 Å². The Morgan fingerprint density at radius 2 is 2.32 bits per heavy atom. The fraction of sp³-hybridized carbons (Fsp3) is 0.412. The first-order valence-corrected chi connectivity index (χ1v) is 7.62. The zero-order valence-corrected chi connectivity index (χ0v) is 12.9. The summed E-state index contributed by atoms with van der Waals surface area (Å²) < 4.78 is 14.8. The van der Waals surface area contributed by atoms with Crippen LogP contribution in [0.4, 0.5) is 10.1 Å². The first-order valence-electron chi connectivity index (χ1n) is 7.62. The molecule has 116 valence electrons. The second-order valence-corrected chi connectivity index (χ2v) is 6.15. The van der Waals surface area contributed by atoms with Gasteiger partial charge in [-0.2, -0.15) is 5.10 Å². The van der Waals surface area contributed by atoms with Gasteiger partial charge in [-0.25, -0.2) is 4.39 Å². The highest BCUT2D eigenvalue weighted by Crippen LogP contribution is 2.24. The molecule has 0 aliphatic heterocycles. The maximum atomic E-state index is 13.1. The van der Waals surface area contributed by atoms with Crippen LogP contribution in [-0.4, -0.2) is 15.7 Å². The van der Waals surface area contributed by atoms with E-state index in [9.17, 15) is 9.18 Å². The summed E-state index contributed by atoms with van der Waals surface area (Å²) in [4.78, 5) is 12.1. The molecule has 2 aromatic rings. The number of hydrogen-bond donors (Lipinski definition) is 1. The minimum Gasteiger partial charge on any atom is -0.324 e. The molecule has 1 heterocycles.